The molecule has 0 radical (unpaired) electrons. The highest BCUT2D eigenvalue weighted by Crippen LogP contribution is 2.43. The molecular formula is C26H16F2O2. The van der Waals surface area contributed by atoms with Gasteiger partial charge in [0.15, 0.2) is 0 Å². The number of fused-ring (bicyclic) bond motifs is 2. The van der Waals surface area contributed by atoms with E-state index in [0.29, 0.717) is 10.8 Å². The Labute approximate surface area is 171 Å². The third-order valence-electron chi connectivity index (χ3n) is 5.41. The number of halogens is 2. The zero-order valence-corrected chi connectivity index (χ0v) is 15.7. The summed E-state index contributed by atoms with van der Waals surface area (Å²) in [5.74, 6) is -1.79. The highest BCUT2D eigenvalue weighted by atomic mass is 19.1. The molecule has 5 rings (SSSR count). The number of rotatable bonds is 2. The van der Waals surface area contributed by atoms with Crippen molar-refractivity contribution in [1.82, 2.24) is 0 Å². The predicted molar refractivity (Wildman–Crippen MR) is 116 cm³/mol. The summed E-state index contributed by atoms with van der Waals surface area (Å²) in [5, 5.41) is 24.0. The number of phenols is 2. The van der Waals surface area contributed by atoms with Crippen molar-refractivity contribution in [3.05, 3.63) is 96.6 Å². The van der Waals surface area contributed by atoms with E-state index in [1.54, 1.807) is 36.4 Å². The van der Waals surface area contributed by atoms with Gasteiger partial charge in [-0.15, -0.1) is 0 Å². The lowest BCUT2D eigenvalue weighted by atomic mass is 9.91. The van der Waals surface area contributed by atoms with E-state index in [-0.39, 0.29) is 33.8 Å². The second-order valence-corrected chi connectivity index (χ2v) is 7.17. The molecule has 30 heavy (non-hydrogen) atoms. The van der Waals surface area contributed by atoms with Gasteiger partial charge in [0.05, 0.1) is 0 Å². The van der Waals surface area contributed by atoms with Crippen molar-refractivity contribution in [2.24, 2.45) is 0 Å². The van der Waals surface area contributed by atoms with Gasteiger partial charge in [-0.2, -0.15) is 0 Å². The van der Waals surface area contributed by atoms with Crippen molar-refractivity contribution in [1.29, 1.82) is 0 Å². The van der Waals surface area contributed by atoms with Gasteiger partial charge in [-0.3, -0.25) is 0 Å². The van der Waals surface area contributed by atoms with Gasteiger partial charge in [-0.1, -0.05) is 60.7 Å². The van der Waals surface area contributed by atoms with Gasteiger partial charge in [-0.25, -0.2) is 8.78 Å². The van der Waals surface area contributed by atoms with E-state index in [1.807, 2.05) is 24.3 Å². The lowest BCUT2D eigenvalue weighted by Crippen LogP contribution is -1.94. The Morgan fingerprint density at radius 2 is 0.933 bits per heavy atom. The third kappa shape index (κ3) is 2.77. The molecular weight excluding hydrogens is 382 g/mol. The predicted octanol–water partition coefficient (Wildman–Crippen LogP) is 7.02. The Hall–Kier alpha value is -3.92. The first-order valence-corrected chi connectivity index (χ1v) is 9.46. The number of hydrogen-bond acceptors (Lipinski definition) is 2. The topological polar surface area (TPSA) is 40.5 Å². The van der Waals surface area contributed by atoms with Crippen LogP contribution in [0.1, 0.15) is 0 Å². The summed E-state index contributed by atoms with van der Waals surface area (Å²) in [6.07, 6.45) is 0. The van der Waals surface area contributed by atoms with Crippen LogP contribution in [-0.2, 0) is 0 Å². The van der Waals surface area contributed by atoms with Gasteiger partial charge in [0.25, 0.3) is 0 Å². The summed E-state index contributed by atoms with van der Waals surface area (Å²) in [4.78, 5) is 0. The minimum Gasteiger partial charge on any atom is -0.507 e. The molecule has 0 amide bonds. The van der Waals surface area contributed by atoms with Crippen LogP contribution >= 0.6 is 0 Å². The lowest BCUT2D eigenvalue weighted by molar-refractivity contribution is 0.477. The molecule has 0 heterocycles. The first-order chi connectivity index (χ1) is 14.5. The van der Waals surface area contributed by atoms with E-state index in [1.165, 1.54) is 18.2 Å². The van der Waals surface area contributed by atoms with Crippen LogP contribution in [0.3, 0.4) is 0 Å². The molecule has 0 aliphatic rings. The van der Waals surface area contributed by atoms with Crippen LogP contribution in [0, 0.1) is 11.6 Å². The summed E-state index contributed by atoms with van der Waals surface area (Å²) in [6.45, 7) is 0. The van der Waals surface area contributed by atoms with E-state index in [9.17, 15) is 19.0 Å². The monoisotopic (exact) mass is 398 g/mol. The Kier molecular flexibility index (Phi) is 4.14. The van der Waals surface area contributed by atoms with E-state index in [0.717, 1.165) is 16.8 Å². The van der Waals surface area contributed by atoms with Crippen LogP contribution in [0.2, 0.25) is 0 Å². The Morgan fingerprint density at radius 1 is 0.500 bits per heavy atom. The summed E-state index contributed by atoms with van der Waals surface area (Å²) in [7, 11) is 0. The fourth-order valence-electron chi connectivity index (χ4n) is 4.02. The zero-order valence-electron chi connectivity index (χ0n) is 15.7. The van der Waals surface area contributed by atoms with Crippen LogP contribution in [-0.4, -0.2) is 10.2 Å². The summed E-state index contributed by atoms with van der Waals surface area (Å²) in [5.41, 5.74) is 0.694. The van der Waals surface area contributed by atoms with Crippen LogP contribution in [0.4, 0.5) is 8.78 Å². The molecule has 146 valence electrons. The highest BCUT2D eigenvalue weighted by Gasteiger charge is 2.20. The van der Waals surface area contributed by atoms with Crippen LogP contribution in [0.25, 0.3) is 43.8 Å². The Balaban J connectivity index is 1.86. The molecule has 0 unspecified atom stereocenters. The van der Waals surface area contributed by atoms with Crippen molar-refractivity contribution in [3.8, 4) is 33.8 Å². The zero-order chi connectivity index (χ0) is 20.8. The minimum atomic E-state index is -0.789. The number of phenolic OH excluding ortho intramolecular Hbond substituents is 2. The molecule has 0 spiro atoms. The van der Waals surface area contributed by atoms with E-state index < -0.39 is 11.6 Å². The maximum Gasteiger partial charge on any atom is 0.134 e. The number of aromatic hydroxyl groups is 2. The number of benzene rings is 5. The molecule has 0 saturated carbocycles. The molecule has 2 nitrogen and oxygen atoms in total. The summed E-state index contributed by atoms with van der Waals surface area (Å²) in [6, 6.07) is 23.2. The fraction of sp³-hybridized carbons (Fsp3) is 0. The SMILES string of the molecule is Oc1ccc2ccccc2c1-c1cc(-c2c(O)ccc3ccccc23)c(F)cc1F. The molecule has 0 atom stereocenters. The number of hydrogen-bond donors (Lipinski definition) is 2. The second-order valence-electron chi connectivity index (χ2n) is 7.17. The maximum absolute atomic E-state index is 14.9. The summed E-state index contributed by atoms with van der Waals surface area (Å²) < 4.78 is 29.9. The normalized spacial score (nSPS) is 11.3. The van der Waals surface area contributed by atoms with Gasteiger partial charge in [0.2, 0.25) is 0 Å². The molecule has 0 saturated heterocycles. The molecule has 0 bridgehead atoms. The highest BCUT2D eigenvalue weighted by molar-refractivity contribution is 6.03. The molecule has 4 heteroatoms. The molecule has 5 aromatic carbocycles. The average molecular weight is 398 g/mol. The molecule has 0 aliphatic carbocycles. The average Bonchev–Trinajstić information content (AvgIpc) is 2.75. The fourth-order valence-corrected chi connectivity index (χ4v) is 4.02. The standard InChI is InChI=1S/C26H16F2O2/c27-21-14-22(28)20(26-18-8-4-2-6-16(18)10-12-24(26)30)13-19(21)25-17-7-3-1-5-15(17)9-11-23(25)29/h1-14,29-30H. The van der Waals surface area contributed by atoms with Gasteiger partial charge in [0.1, 0.15) is 23.1 Å². The van der Waals surface area contributed by atoms with Gasteiger partial charge in [0, 0.05) is 28.3 Å². The first-order valence-electron chi connectivity index (χ1n) is 9.46. The van der Waals surface area contributed by atoms with Crippen LogP contribution in [0.15, 0.2) is 84.9 Å². The van der Waals surface area contributed by atoms with Crippen molar-refractivity contribution in [2.45, 2.75) is 0 Å². The molecule has 0 fully saturated rings. The van der Waals surface area contributed by atoms with Crippen LogP contribution < -0.4 is 0 Å². The Morgan fingerprint density at radius 3 is 1.40 bits per heavy atom. The minimum absolute atomic E-state index is 0.0630. The molecule has 2 N–H and O–H groups in total. The van der Waals surface area contributed by atoms with E-state index in [4.69, 9.17) is 0 Å². The van der Waals surface area contributed by atoms with Crippen molar-refractivity contribution in [3.63, 3.8) is 0 Å². The Bertz CT molecular complexity index is 1330. The van der Waals surface area contributed by atoms with Crippen molar-refractivity contribution < 1.29 is 19.0 Å². The summed E-state index contributed by atoms with van der Waals surface area (Å²) >= 11 is 0. The second kappa shape index (κ2) is 6.85. The van der Waals surface area contributed by atoms with E-state index >= 15 is 0 Å². The van der Waals surface area contributed by atoms with Gasteiger partial charge >= 0.3 is 0 Å². The van der Waals surface area contributed by atoms with Gasteiger partial charge in [-0.05, 0) is 39.7 Å². The largest absolute Gasteiger partial charge is 0.507 e. The van der Waals surface area contributed by atoms with Gasteiger partial charge < -0.3 is 10.2 Å². The molecule has 0 aliphatic heterocycles. The lowest BCUT2D eigenvalue weighted by Gasteiger charge is -2.15. The van der Waals surface area contributed by atoms with E-state index in [2.05, 4.69) is 0 Å². The maximum atomic E-state index is 14.9. The van der Waals surface area contributed by atoms with Crippen molar-refractivity contribution in [2.75, 3.05) is 0 Å². The smallest absolute Gasteiger partial charge is 0.134 e. The quantitative estimate of drug-likeness (QED) is 0.336. The van der Waals surface area contributed by atoms with Crippen molar-refractivity contribution >= 4 is 21.5 Å². The molecule has 5 aromatic rings. The third-order valence-corrected chi connectivity index (χ3v) is 5.41. The molecule has 0 aromatic heterocycles. The van der Waals surface area contributed by atoms with Crippen LogP contribution in [0.5, 0.6) is 11.5 Å². The first kappa shape index (κ1) is 18.1.